The number of carbonyl (C=O) groups excluding carboxylic acids is 1. The predicted molar refractivity (Wildman–Crippen MR) is 84.6 cm³/mol. The van der Waals surface area contributed by atoms with E-state index in [0.29, 0.717) is 11.1 Å². The minimum Gasteiger partial charge on any atom is -0.391 e. The van der Waals surface area contributed by atoms with Crippen molar-refractivity contribution in [2.45, 2.75) is 13.0 Å². The standard InChI is InChI=1S/C16H15FN2OS/c1-10-9-12(17)7-8-13(10)16(20)19-14(15(18)21)11-5-3-2-4-6-11/h2-9,14H,1H3,(H2,18,21)(H,19,20). The van der Waals surface area contributed by atoms with Crippen LogP contribution in [-0.2, 0) is 0 Å². The van der Waals surface area contributed by atoms with Gasteiger partial charge in [0.05, 0.1) is 0 Å². The molecule has 0 aliphatic rings. The van der Waals surface area contributed by atoms with Gasteiger partial charge in [-0.15, -0.1) is 0 Å². The first kappa shape index (κ1) is 15.1. The Kier molecular flexibility index (Phi) is 4.65. The average molecular weight is 302 g/mol. The number of nitrogens with one attached hydrogen (secondary N) is 1. The van der Waals surface area contributed by atoms with Gasteiger partial charge < -0.3 is 11.1 Å². The van der Waals surface area contributed by atoms with Crippen LogP contribution in [0.2, 0.25) is 0 Å². The van der Waals surface area contributed by atoms with E-state index >= 15 is 0 Å². The van der Waals surface area contributed by atoms with Crippen LogP contribution in [0.15, 0.2) is 48.5 Å². The van der Waals surface area contributed by atoms with Crippen molar-refractivity contribution in [3.05, 3.63) is 71.0 Å². The van der Waals surface area contributed by atoms with E-state index in [1.165, 1.54) is 18.2 Å². The molecule has 0 aliphatic heterocycles. The molecule has 2 aromatic rings. The number of halogens is 1. The van der Waals surface area contributed by atoms with Gasteiger partial charge in [-0.1, -0.05) is 42.5 Å². The van der Waals surface area contributed by atoms with Crippen molar-refractivity contribution in [1.82, 2.24) is 5.32 Å². The number of thiocarbonyl (C=S) groups is 1. The SMILES string of the molecule is Cc1cc(F)ccc1C(=O)NC(C(N)=S)c1ccccc1. The lowest BCUT2D eigenvalue weighted by molar-refractivity contribution is 0.0946. The molecule has 0 radical (unpaired) electrons. The van der Waals surface area contributed by atoms with Crippen molar-refractivity contribution in [2.75, 3.05) is 0 Å². The Bertz CT molecular complexity index is 673. The van der Waals surface area contributed by atoms with Gasteiger partial charge in [0, 0.05) is 5.56 Å². The molecule has 0 aliphatic carbocycles. The molecular weight excluding hydrogens is 287 g/mol. The Morgan fingerprint density at radius 2 is 1.90 bits per heavy atom. The third-order valence-corrected chi connectivity index (χ3v) is 3.36. The summed E-state index contributed by atoms with van der Waals surface area (Å²) >= 11 is 5.02. The summed E-state index contributed by atoms with van der Waals surface area (Å²) in [5.74, 6) is -0.716. The summed E-state index contributed by atoms with van der Waals surface area (Å²) in [7, 11) is 0. The van der Waals surface area contributed by atoms with E-state index in [9.17, 15) is 9.18 Å². The topological polar surface area (TPSA) is 55.1 Å². The van der Waals surface area contributed by atoms with Crippen LogP contribution < -0.4 is 11.1 Å². The highest BCUT2D eigenvalue weighted by molar-refractivity contribution is 7.80. The molecule has 1 unspecified atom stereocenters. The molecule has 1 atom stereocenters. The molecule has 0 saturated carbocycles. The fourth-order valence-corrected chi connectivity index (χ4v) is 2.25. The maximum Gasteiger partial charge on any atom is 0.252 e. The van der Waals surface area contributed by atoms with Crippen LogP contribution in [0.3, 0.4) is 0 Å². The van der Waals surface area contributed by atoms with Gasteiger partial charge in [0.25, 0.3) is 5.91 Å². The quantitative estimate of drug-likeness (QED) is 0.854. The number of hydrogen-bond donors (Lipinski definition) is 2. The Balaban J connectivity index is 2.25. The number of benzene rings is 2. The van der Waals surface area contributed by atoms with E-state index in [1.807, 2.05) is 30.3 Å². The maximum atomic E-state index is 13.1. The molecule has 0 fully saturated rings. The summed E-state index contributed by atoms with van der Waals surface area (Å²) in [6.07, 6.45) is 0. The smallest absolute Gasteiger partial charge is 0.252 e. The zero-order valence-electron chi connectivity index (χ0n) is 11.5. The van der Waals surface area contributed by atoms with Crippen LogP contribution in [0.1, 0.15) is 27.5 Å². The first-order valence-corrected chi connectivity index (χ1v) is 6.81. The Hall–Kier alpha value is -2.27. The normalized spacial score (nSPS) is 11.7. The number of nitrogens with two attached hydrogens (primary N) is 1. The van der Waals surface area contributed by atoms with Crippen molar-refractivity contribution in [3.8, 4) is 0 Å². The molecule has 2 aromatic carbocycles. The molecule has 5 heteroatoms. The van der Waals surface area contributed by atoms with Crippen LogP contribution in [0.25, 0.3) is 0 Å². The zero-order chi connectivity index (χ0) is 15.4. The zero-order valence-corrected chi connectivity index (χ0v) is 12.3. The molecule has 0 aromatic heterocycles. The van der Waals surface area contributed by atoms with Gasteiger partial charge in [-0.2, -0.15) is 0 Å². The van der Waals surface area contributed by atoms with Gasteiger partial charge >= 0.3 is 0 Å². The summed E-state index contributed by atoms with van der Waals surface area (Å²) in [5.41, 5.74) is 7.47. The second-order valence-corrected chi connectivity index (χ2v) is 5.15. The van der Waals surface area contributed by atoms with Crippen molar-refractivity contribution >= 4 is 23.1 Å². The van der Waals surface area contributed by atoms with Crippen LogP contribution >= 0.6 is 12.2 Å². The highest BCUT2D eigenvalue weighted by Crippen LogP contribution is 2.16. The molecule has 0 saturated heterocycles. The molecule has 3 nitrogen and oxygen atoms in total. The van der Waals surface area contributed by atoms with Crippen LogP contribution in [0.5, 0.6) is 0 Å². The van der Waals surface area contributed by atoms with E-state index in [2.05, 4.69) is 5.32 Å². The number of aryl methyl sites for hydroxylation is 1. The molecule has 0 heterocycles. The second-order valence-electron chi connectivity index (χ2n) is 4.68. The fraction of sp³-hybridized carbons (Fsp3) is 0.125. The van der Waals surface area contributed by atoms with Gasteiger partial charge in [0.15, 0.2) is 0 Å². The van der Waals surface area contributed by atoms with Gasteiger partial charge in [-0.3, -0.25) is 4.79 Å². The van der Waals surface area contributed by atoms with Gasteiger partial charge in [-0.25, -0.2) is 4.39 Å². The van der Waals surface area contributed by atoms with Crippen LogP contribution in [-0.4, -0.2) is 10.9 Å². The molecule has 0 bridgehead atoms. The van der Waals surface area contributed by atoms with Gasteiger partial charge in [-0.05, 0) is 36.2 Å². The number of amides is 1. The van der Waals surface area contributed by atoms with E-state index in [-0.39, 0.29) is 16.7 Å². The predicted octanol–water partition coefficient (Wildman–Crippen LogP) is 2.89. The molecule has 0 spiro atoms. The van der Waals surface area contributed by atoms with Crippen molar-refractivity contribution in [2.24, 2.45) is 5.73 Å². The van der Waals surface area contributed by atoms with Crippen molar-refractivity contribution in [1.29, 1.82) is 0 Å². The first-order chi connectivity index (χ1) is 9.99. The summed E-state index contributed by atoms with van der Waals surface area (Å²) in [4.78, 5) is 12.5. The Morgan fingerprint density at radius 1 is 1.24 bits per heavy atom. The van der Waals surface area contributed by atoms with Gasteiger partial charge in [0.2, 0.25) is 0 Å². The molecule has 1 amide bonds. The highest BCUT2D eigenvalue weighted by atomic mass is 32.1. The van der Waals surface area contributed by atoms with E-state index < -0.39 is 6.04 Å². The first-order valence-electron chi connectivity index (χ1n) is 6.40. The second kappa shape index (κ2) is 6.45. The summed E-state index contributed by atoms with van der Waals surface area (Å²) in [6.45, 7) is 1.68. The summed E-state index contributed by atoms with van der Waals surface area (Å²) in [6, 6.07) is 12.7. The van der Waals surface area contributed by atoms with Crippen LogP contribution in [0, 0.1) is 12.7 Å². The number of rotatable bonds is 4. The van der Waals surface area contributed by atoms with E-state index in [4.69, 9.17) is 18.0 Å². The Labute approximate surface area is 128 Å². The molecule has 21 heavy (non-hydrogen) atoms. The number of carbonyl (C=O) groups is 1. The van der Waals surface area contributed by atoms with E-state index in [1.54, 1.807) is 6.92 Å². The third-order valence-electron chi connectivity index (χ3n) is 3.13. The monoisotopic (exact) mass is 302 g/mol. The minimum atomic E-state index is -0.557. The minimum absolute atomic E-state index is 0.175. The van der Waals surface area contributed by atoms with Crippen LogP contribution in [0.4, 0.5) is 4.39 Å². The lowest BCUT2D eigenvalue weighted by Crippen LogP contribution is -2.36. The molecular formula is C16H15FN2OS. The Morgan fingerprint density at radius 3 is 2.48 bits per heavy atom. The average Bonchev–Trinajstić information content (AvgIpc) is 2.45. The molecule has 3 N–H and O–H groups in total. The largest absolute Gasteiger partial charge is 0.391 e. The lowest BCUT2D eigenvalue weighted by Gasteiger charge is -2.18. The summed E-state index contributed by atoms with van der Waals surface area (Å²) < 4.78 is 13.1. The molecule has 2 rings (SSSR count). The third kappa shape index (κ3) is 3.64. The van der Waals surface area contributed by atoms with Gasteiger partial charge in [0.1, 0.15) is 16.8 Å². The lowest BCUT2D eigenvalue weighted by atomic mass is 10.0. The highest BCUT2D eigenvalue weighted by Gasteiger charge is 2.19. The number of hydrogen-bond acceptors (Lipinski definition) is 2. The van der Waals surface area contributed by atoms with E-state index in [0.717, 1.165) is 5.56 Å². The fourth-order valence-electron chi connectivity index (χ4n) is 2.05. The molecule has 108 valence electrons. The van der Waals surface area contributed by atoms with Crippen molar-refractivity contribution in [3.63, 3.8) is 0 Å². The van der Waals surface area contributed by atoms with Crippen molar-refractivity contribution < 1.29 is 9.18 Å². The maximum absolute atomic E-state index is 13.1. The summed E-state index contributed by atoms with van der Waals surface area (Å²) in [5, 5.41) is 2.78.